The zero-order valence-corrected chi connectivity index (χ0v) is 10.8. The molecule has 0 saturated heterocycles. The van der Waals surface area contributed by atoms with E-state index in [2.05, 4.69) is 0 Å². The second kappa shape index (κ2) is 6.47. The zero-order chi connectivity index (χ0) is 12.8. The molecule has 2 N–H and O–H groups in total. The van der Waals surface area contributed by atoms with Gasteiger partial charge in [0.1, 0.15) is 0 Å². The van der Waals surface area contributed by atoms with E-state index in [1.165, 1.54) is 0 Å². The zero-order valence-electron chi connectivity index (χ0n) is 10.1. The summed E-state index contributed by atoms with van der Waals surface area (Å²) < 4.78 is 4.94. The van der Waals surface area contributed by atoms with E-state index in [4.69, 9.17) is 22.1 Å². The van der Waals surface area contributed by atoms with Crippen LogP contribution in [0, 0.1) is 0 Å². The Morgan fingerprint density at radius 1 is 1.53 bits per heavy atom. The topological polar surface area (TPSA) is 55.6 Å². The van der Waals surface area contributed by atoms with E-state index in [9.17, 15) is 4.79 Å². The molecular formula is C12H17ClN2O2. The number of rotatable bonds is 5. The first kappa shape index (κ1) is 13.8. The summed E-state index contributed by atoms with van der Waals surface area (Å²) in [5, 5.41) is 0.419. The van der Waals surface area contributed by atoms with Gasteiger partial charge in [-0.25, -0.2) is 0 Å². The van der Waals surface area contributed by atoms with Gasteiger partial charge in [0.15, 0.2) is 0 Å². The Kier molecular flexibility index (Phi) is 5.25. The first-order valence-electron chi connectivity index (χ1n) is 5.35. The lowest BCUT2D eigenvalue weighted by molar-refractivity contribution is 0.0779. The van der Waals surface area contributed by atoms with Crippen molar-refractivity contribution in [2.75, 3.05) is 33.0 Å². The van der Waals surface area contributed by atoms with E-state index in [1.54, 1.807) is 37.3 Å². The van der Waals surface area contributed by atoms with Crippen molar-refractivity contribution in [1.29, 1.82) is 0 Å². The van der Waals surface area contributed by atoms with Crippen LogP contribution in [-0.2, 0) is 4.74 Å². The monoisotopic (exact) mass is 256 g/mol. The molecule has 1 aromatic rings. The number of nitrogens with zero attached hydrogens (tertiary/aromatic N) is 1. The largest absolute Gasteiger partial charge is 0.399 e. The number of hydrogen-bond acceptors (Lipinski definition) is 3. The third kappa shape index (κ3) is 3.91. The molecule has 1 rings (SSSR count). The second-order valence-electron chi connectivity index (χ2n) is 3.81. The first-order chi connectivity index (χ1) is 8.06. The lowest BCUT2D eigenvalue weighted by atomic mass is 10.1. The summed E-state index contributed by atoms with van der Waals surface area (Å²) in [6.07, 6.45) is 0.790. The van der Waals surface area contributed by atoms with Crippen LogP contribution >= 0.6 is 11.6 Å². The molecule has 0 fully saturated rings. The maximum Gasteiger partial charge on any atom is 0.255 e. The minimum absolute atomic E-state index is 0.126. The molecule has 0 unspecified atom stereocenters. The molecular weight excluding hydrogens is 240 g/mol. The van der Waals surface area contributed by atoms with Crippen LogP contribution < -0.4 is 5.73 Å². The fourth-order valence-corrected chi connectivity index (χ4v) is 1.66. The average molecular weight is 257 g/mol. The van der Waals surface area contributed by atoms with Gasteiger partial charge in [-0.1, -0.05) is 11.6 Å². The quantitative estimate of drug-likeness (QED) is 0.648. The van der Waals surface area contributed by atoms with Gasteiger partial charge >= 0.3 is 0 Å². The van der Waals surface area contributed by atoms with Crippen molar-refractivity contribution >= 4 is 23.2 Å². The van der Waals surface area contributed by atoms with Crippen molar-refractivity contribution in [3.63, 3.8) is 0 Å². The van der Waals surface area contributed by atoms with Crippen molar-refractivity contribution in [2.24, 2.45) is 0 Å². The van der Waals surface area contributed by atoms with Crippen molar-refractivity contribution in [3.8, 4) is 0 Å². The minimum Gasteiger partial charge on any atom is -0.399 e. The minimum atomic E-state index is -0.126. The molecule has 0 atom stereocenters. The highest BCUT2D eigenvalue weighted by Gasteiger charge is 2.14. The van der Waals surface area contributed by atoms with Gasteiger partial charge in [-0.15, -0.1) is 0 Å². The van der Waals surface area contributed by atoms with E-state index in [0.717, 1.165) is 6.42 Å². The summed E-state index contributed by atoms with van der Waals surface area (Å²) >= 11 is 5.97. The molecule has 1 aromatic carbocycles. The molecule has 94 valence electrons. The number of carbonyl (C=O) groups excluding carboxylic acids is 1. The number of nitrogen functional groups attached to an aromatic ring is 1. The van der Waals surface area contributed by atoms with Crippen LogP contribution in [-0.4, -0.2) is 38.1 Å². The first-order valence-corrected chi connectivity index (χ1v) is 5.73. The Balaban J connectivity index is 2.71. The summed E-state index contributed by atoms with van der Waals surface area (Å²) in [7, 11) is 3.37. The number of amides is 1. The Hall–Kier alpha value is -1.26. The highest BCUT2D eigenvalue weighted by molar-refractivity contribution is 6.33. The van der Waals surface area contributed by atoms with Crippen molar-refractivity contribution in [2.45, 2.75) is 6.42 Å². The summed E-state index contributed by atoms with van der Waals surface area (Å²) in [6.45, 7) is 1.25. The number of halogens is 1. The third-order valence-corrected chi connectivity index (χ3v) is 2.74. The molecule has 0 aromatic heterocycles. The third-order valence-electron chi connectivity index (χ3n) is 2.41. The Bertz CT molecular complexity index is 396. The average Bonchev–Trinajstić information content (AvgIpc) is 2.31. The van der Waals surface area contributed by atoms with Crippen molar-refractivity contribution in [1.82, 2.24) is 4.90 Å². The number of carbonyl (C=O) groups is 1. The molecule has 0 bridgehead atoms. The summed E-state index contributed by atoms with van der Waals surface area (Å²) in [4.78, 5) is 13.7. The van der Waals surface area contributed by atoms with E-state index in [1.807, 2.05) is 0 Å². The van der Waals surface area contributed by atoms with Crippen LogP contribution in [0.3, 0.4) is 0 Å². The van der Waals surface area contributed by atoms with E-state index in [-0.39, 0.29) is 5.91 Å². The van der Waals surface area contributed by atoms with Crippen LogP contribution in [0.5, 0.6) is 0 Å². The number of anilines is 1. The fraction of sp³-hybridized carbons (Fsp3) is 0.417. The SMILES string of the molecule is COCCCN(C)C(=O)c1cc(N)ccc1Cl. The summed E-state index contributed by atoms with van der Waals surface area (Å²) in [5.41, 5.74) is 6.60. The molecule has 4 nitrogen and oxygen atoms in total. The molecule has 0 aliphatic carbocycles. The van der Waals surface area contributed by atoms with Gasteiger partial charge in [0, 0.05) is 33.0 Å². The summed E-state index contributed by atoms with van der Waals surface area (Å²) in [5.74, 6) is -0.126. The molecule has 17 heavy (non-hydrogen) atoms. The molecule has 0 radical (unpaired) electrons. The lowest BCUT2D eigenvalue weighted by Crippen LogP contribution is -2.28. The standard InChI is InChI=1S/C12H17ClN2O2/c1-15(6-3-7-17-2)12(16)10-8-9(14)4-5-11(10)13/h4-5,8H,3,6-7,14H2,1-2H3. The van der Waals surface area contributed by atoms with Gasteiger partial charge < -0.3 is 15.4 Å². The van der Waals surface area contributed by atoms with Gasteiger partial charge in [0.05, 0.1) is 10.6 Å². The molecule has 5 heteroatoms. The van der Waals surface area contributed by atoms with Crippen molar-refractivity contribution in [3.05, 3.63) is 28.8 Å². The molecule has 0 aliphatic rings. The second-order valence-corrected chi connectivity index (χ2v) is 4.22. The summed E-state index contributed by atoms with van der Waals surface area (Å²) in [6, 6.07) is 4.90. The van der Waals surface area contributed by atoms with Gasteiger partial charge in [-0.3, -0.25) is 4.79 Å². The van der Waals surface area contributed by atoms with E-state index >= 15 is 0 Å². The van der Waals surface area contributed by atoms with Crippen LogP contribution in [0.2, 0.25) is 5.02 Å². The highest BCUT2D eigenvalue weighted by atomic mass is 35.5. The van der Waals surface area contributed by atoms with Gasteiger partial charge in [-0.05, 0) is 24.6 Å². The number of benzene rings is 1. The number of methoxy groups -OCH3 is 1. The maximum absolute atomic E-state index is 12.1. The Morgan fingerprint density at radius 2 is 2.24 bits per heavy atom. The highest BCUT2D eigenvalue weighted by Crippen LogP contribution is 2.20. The maximum atomic E-state index is 12.1. The lowest BCUT2D eigenvalue weighted by Gasteiger charge is -2.17. The number of hydrogen-bond donors (Lipinski definition) is 1. The Labute approximate surface area is 106 Å². The molecule has 0 spiro atoms. The van der Waals surface area contributed by atoms with Crippen LogP contribution in [0.1, 0.15) is 16.8 Å². The van der Waals surface area contributed by atoms with E-state index in [0.29, 0.717) is 29.4 Å². The molecule has 0 saturated carbocycles. The predicted molar refractivity (Wildman–Crippen MR) is 69.3 cm³/mol. The van der Waals surface area contributed by atoms with Crippen LogP contribution in [0.25, 0.3) is 0 Å². The van der Waals surface area contributed by atoms with Crippen LogP contribution in [0.15, 0.2) is 18.2 Å². The predicted octanol–water partition coefficient (Wildman–Crippen LogP) is 2.03. The molecule has 0 heterocycles. The number of ether oxygens (including phenoxy) is 1. The van der Waals surface area contributed by atoms with Gasteiger partial charge in [0.25, 0.3) is 5.91 Å². The Morgan fingerprint density at radius 3 is 2.88 bits per heavy atom. The van der Waals surface area contributed by atoms with E-state index < -0.39 is 0 Å². The fourth-order valence-electron chi connectivity index (χ4n) is 1.46. The smallest absolute Gasteiger partial charge is 0.255 e. The molecule has 1 amide bonds. The normalized spacial score (nSPS) is 10.3. The molecule has 0 aliphatic heterocycles. The number of nitrogens with two attached hydrogens (primary N) is 1. The van der Waals surface area contributed by atoms with Crippen LogP contribution in [0.4, 0.5) is 5.69 Å². The van der Waals surface area contributed by atoms with Gasteiger partial charge in [0.2, 0.25) is 0 Å². The van der Waals surface area contributed by atoms with Crippen molar-refractivity contribution < 1.29 is 9.53 Å². The van der Waals surface area contributed by atoms with Gasteiger partial charge in [-0.2, -0.15) is 0 Å².